The van der Waals surface area contributed by atoms with Gasteiger partial charge in [-0.1, -0.05) is 6.92 Å². The highest BCUT2D eigenvalue weighted by molar-refractivity contribution is 6.35. The molecule has 130 valence electrons. The summed E-state index contributed by atoms with van der Waals surface area (Å²) < 4.78 is 0. The standard InChI is InChI=1S/C13H22ClN5O4/c1-2-6-17-9-10-18(12(21)11(17)20)7-3-5-15-13(22)19(16-23)8-4-14/h2-10H2,1H3,(H,15,22). The zero-order valence-electron chi connectivity index (χ0n) is 13.2. The number of piperazine rings is 1. The van der Waals surface area contributed by atoms with Gasteiger partial charge >= 0.3 is 17.8 Å². The van der Waals surface area contributed by atoms with Crippen LogP contribution in [0.5, 0.6) is 0 Å². The molecule has 1 aliphatic rings. The molecule has 1 rings (SSSR count). The number of nitroso groups, excluding NO2 is 1. The quantitative estimate of drug-likeness (QED) is 0.214. The molecule has 0 atom stereocenters. The summed E-state index contributed by atoms with van der Waals surface area (Å²) >= 11 is 5.45. The topological polar surface area (TPSA) is 102 Å². The first-order chi connectivity index (χ1) is 11.0. The average Bonchev–Trinajstić information content (AvgIpc) is 2.55. The van der Waals surface area contributed by atoms with Crippen LogP contribution in [0.25, 0.3) is 0 Å². The van der Waals surface area contributed by atoms with E-state index in [-0.39, 0.29) is 19.0 Å². The number of alkyl halides is 1. The van der Waals surface area contributed by atoms with Crippen molar-refractivity contribution >= 4 is 29.4 Å². The van der Waals surface area contributed by atoms with Crippen LogP contribution in [0, 0.1) is 4.91 Å². The molecule has 0 bridgehead atoms. The Morgan fingerprint density at radius 2 is 1.87 bits per heavy atom. The third-order valence-electron chi connectivity index (χ3n) is 3.40. The summed E-state index contributed by atoms with van der Waals surface area (Å²) in [4.78, 5) is 48.9. The molecule has 1 saturated heterocycles. The number of hydrogen-bond donors (Lipinski definition) is 1. The van der Waals surface area contributed by atoms with E-state index in [0.29, 0.717) is 37.6 Å². The second-order valence-corrected chi connectivity index (χ2v) is 5.44. The van der Waals surface area contributed by atoms with Crippen LogP contribution in [0.15, 0.2) is 5.29 Å². The van der Waals surface area contributed by atoms with Gasteiger partial charge in [-0.2, -0.15) is 5.01 Å². The van der Waals surface area contributed by atoms with Crippen molar-refractivity contribution < 1.29 is 14.4 Å². The predicted octanol–water partition coefficient (Wildman–Crippen LogP) is 0.389. The fourth-order valence-electron chi connectivity index (χ4n) is 2.23. The molecule has 0 aromatic rings. The number of nitrogens with one attached hydrogen (secondary N) is 1. The van der Waals surface area contributed by atoms with Gasteiger partial charge in [-0.15, -0.1) is 16.5 Å². The third-order valence-corrected chi connectivity index (χ3v) is 3.57. The maximum Gasteiger partial charge on any atom is 0.340 e. The first-order valence-corrected chi connectivity index (χ1v) is 8.11. The SMILES string of the molecule is CCCN1CCN(CCCNC(=O)N(CCCl)N=O)C(=O)C1=O. The smallest absolute Gasteiger partial charge is 0.336 e. The highest BCUT2D eigenvalue weighted by atomic mass is 35.5. The van der Waals surface area contributed by atoms with Crippen LogP contribution in [-0.4, -0.2) is 77.8 Å². The van der Waals surface area contributed by atoms with E-state index in [4.69, 9.17) is 11.6 Å². The molecule has 0 saturated carbocycles. The molecule has 0 unspecified atom stereocenters. The fraction of sp³-hybridized carbons (Fsp3) is 0.769. The van der Waals surface area contributed by atoms with E-state index in [2.05, 4.69) is 10.6 Å². The van der Waals surface area contributed by atoms with E-state index in [0.717, 1.165) is 6.42 Å². The van der Waals surface area contributed by atoms with E-state index in [1.54, 1.807) is 4.90 Å². The van der Waals surface area contributed by atoms with Gasteiger partial charge in [0.1, 0.15) is 0 Å². The van der Waals surface area contributed by atoms with E-state index in [1.165, 1.54) is 4.90 Å². The van der Waals surface area contributed by atoms with Crippen LogP contribution in [0.1, 0.15) is 19.8 Å². The molecule has 0 aromatic carbocycles. The summed E-state index contributed by atoms with van der Waals surface area (Å²) in [6.07, 6.45) is 1.29. The van der Waals surface area contributed by atoms with Crippen molar-refractivity contribution in [1.29, 1.82) is 0 Å². The van der Waals surface area contributed by atoms with E-state index >= 15 is 0 Å². The van der Waals surface area contributed by atoms with Crippen molar-refractivity contribution in [1.82, 2.24) is 20.1 Å². The van der Waals surface area contributed by atoms with Gasteiger partial charge < -0.3 is 15.1 Å². The molecule has 9 nitrogen and oxygen atoms in total. The molecule has 23 heavy (non-hydrogen) atoms. The van der Waals surface area contributed by atoms with Gasteiger partial charge in [0.05, 0.1) is 11.8 Å². The molecule has 1 heterocycles. The lowest BCUT2D eigenvalue weighted by atomic mass is 10.2. The third kappa shape index (κ3) is 5.66. The minimum atomic E-state index is -0.629. The number of nitrogens with zero attached hydrogens (tertiary/aromatic N) is 4. The molecule has 0 aromatic heterocycles. The highest BCUT2D eigenvalue weighted by Gasteiger charge is 2.31. The zero-order chi connectivity index (χ0) is 17.2. The first-order valence-electron chi connectivity index (χ1n) is 7.57. The van der Waals surface area contributed by atoms with Crippen LogP contribution in [-0.2, 0) is 9.59 Å². The molecule has 1 N–H and O–H groups in total. The van der Waals surface area contributed by atoms with Gasteiger partial charge in [-0.3, -0.25) is 9.59 Å². The maximum absolute atomic E-state index is 11.9. The molecule has 0 spiro atoms. The number of amides is 4. The molecule has 0 radical (unpaired) electrons. The summed E-state index contributed by atoms with van der Waals surface area (Å²) in [7, 11) is 0. The average molecular weight is 348 g/mol. The summed E-state index contributed by atoms with van der Waals surface area (Å²) in [5.41, 5.74) is 0. The van der Waals surface area contributed by atoms with Gasteiger partial charge in [0, 0.05) is 38.6 Å². The number of hydrogen-bond acceptors (Lipinski definition) is 5. The number of halogens is 1. The van der Waals surface area contributed by atoms with Gasteiger partial charge in [0.2, 0.25) is 0 Å². The van der Waals surface area contributed by atoms with Crippen molar-refractivity contribution in [2.45, 2.75) is 19.8 Å². The first kappa shape index (κ1) is 19.1. The van der Waals surface area contributed by atoms with Gasteiger partial charge in [0.25, 0.3) is 0 Å². The fourth-order valence-corrected chi connectivity index (χ4v) is 2.39. The summed E-state index contributed by atoms with van der Waals surface area (Å²) in [6.45, 7) is 4.23. The monoisotopic (exact) mass is 347 g/mol. The second-order valence-electron chi connectivity index (χ2n) is 5.06. The Labute approximate surface area is 139 Å². The van der Waals surface area contributed by atoms with Crippen LogP contribution in [0.4, 0.5) is 4.79 Å². The van der Waals surface area contributed by atoms with E-state index in [1.807, 2.05) is 6.92 Å². The Morgan fingerprint density at radius 3 is 2.39 bits per heavy atom. The minimum Gasteiger partial charge on any atom is -0.336 e. The molecule has 0 aliphatic carbocycles. The van der Waals surface area contributed by atoms with Crippen LogP contribution >= 0.6 is 11.6 Å². The van der Waals surface area contributed by atoms with Crippen molar-refractivity contribution in [3.8, 4) is 0 Å². The van der Waals surface area contributed by atoms with Crippen molar-refractivity contribution in [3.05, 3.63) is 4.91 Å². The Morgan fingerprint density at radius 1 is 1.26 bits per heavy atom. The lowest BCUT2D eigenvalue weighted by Crippen LogP contribution is -2.54. The summed E-state index contributed by atoms with van der Waals surface area (Å²) in [6, 6.07) is -0.629. The predicted molar refractivity (Wildman–Crippen MR) is 84.7 cm³/mol. The molecule has 4 amide bonds. The van der Waals surface area contributed by atoms with Crippen LogP contribution < -0.4 is 5.32 Å². The Bertz CT molecular complexity index is 448. The molecular formula is C13H22ClN5O4. The second kappa shape index (κ2) is 9.98. The van der Waals surface area contributed by atoms with E-state index < -0.39 is 17.8 Å². The Hall–Kier alpha value is -1.90. The molecule has 1 aliphatic heterocycles. The number of urea groups is 1. The zero-order valence-corrected chi connectivity index (χ0v) is 13.9. The number of carbonyl (C=O) groups excluding carboxylic acids is 3. The van der Waals surface area contributed by atoms with E-state index in [9.17, 15) is 19.3 Å². The van der Waals surface area contributed by atoms with Crippen molar-refractivity contribution in [3.63, 3.8) is 0 Å². The van der Waals surface area contributed by atoms with Gasteiger partial charge in [-0.05, 0) is 12.8 Å². The van der Waals surface area contributed by atoms with Gasteiger partial charge in [-0.25, -0.2) is 4.79 Å². The lowest BCUT2D eigenvalue weighted by molar-refractivity contribution is -0.156. The minimum absolute atomic E-state index is 0.0310. The normalized spacial score (nSPS) is 14.9. The number of rotatable bonds is 9. The Balaban J connectivity index is 2.31. The van der Waals surface area contributed by atoms with Crippen molar-refractivity contribution in [2.24, 2.45) is 5.29 Å². The molecular weight excluding hydrogens is 326 g/mol. The van der Waals surface area contributed by atoms with Crippen molar-refractivity contribution in [2.75, 3.05) is 45.1 Å². The number of carbonyl (C=O) groups is 3. The van der Waals surface area contributed by atoms with Crippen LogP contribution in [0.2, 0.25) is 0 Å². The summed E-state index contributed by atoms with van der Waals surface area (Å²) in [5, 5.41) is 5.78. The summed E-state index contributed by atoms with van der Waals surface area (Å²) in [5.74, 6) is -0.868. The Kier molecular flexibility index (Phi) is 8.31. The van der Waals surface area contributed by atoms with Crippen LogP contribution in [0.3, 0.4) is 0 Å². The lowest BCUT2D eigenvalue weighted by Gasteiger charge is -2.33. The van der Waals surface area contributed by atoms with Gasteiger partial charge in [0.15, 0.2) is 0 Å². The largest absolute Gasteiger partial charge is 0.340 e. The highest BCUT2D eigenvalue weighted by Crippen LogP contribution is 2.06. The molecule has 10 heteroatoms. The maximum atomic E-state index is 11.9. The molecule has 1 fully saturated rings.